The molecule has 2 rings (SSSR count). The van der Waals surface area contributed by atoms with Crippen molar-refractivity contribution in [2.75, 3.05) is 0 Å². The van der Waals surface area contributed by atoms with E-state index in [2.05, 4.69) is 5.32 Å². The summed E-state index contributed by atoms with van der Waals surface area (Å²) in [5.74, 6) is 0.00182. The van der Waals surface area contributed by atoms with Gasteiger partial charge in [-0.3, -0.25) is 4.79 Å². The van der Waals surface area contributed by atoms with Crippen molar-refractivity contribution in [3.05, 3.63) is 29.8 Å². The summed E-state index contributed by atoms with van der Waals surface area (Å²) >= 11 is 0. The molecule has 4 nitrogen and oxygen atoms in total. The van der Waals surface area contributed by atoms with Gasteiger partial charge in [0.25, 0.3) is 0 Å². The van der Waals surface area contributed by atoms with Crippen LogP contribution in [-0.2, 0) is 21.1 Å². The highest BCUT2D eigenvalue weighted by Gasteiger charge is 2.23. The molecule has 1 fully saturated rings. The Hall–Kier alpha value is -1.36. The highest BCUT2D eigenvalue weighted by Crippen LogP contribution is 2.19. The Morgan fingerprint density at radius 2 is 1.84 bits per heavy atom. The number of amides is 1. The molecule has 1 aromatic carbocycles. The van der Waals surface area contributed by atoms with E-state index >= 15 is 0 Å². The molecule has 0 unspecified atom stereocenters. The third-order valence-corrected chi connectivity index (χ3v) is 5.35. The highest BCUT2D eigenvalue weighted by molar-refractivity contribution is 7.92. The van der Waals surface area contributed by atoms with E-state index in [1.807, 2.05) is 0 Å². The van der Waals surface area contributed by atoms with E-state index in [1.165, 1.54) is 0 Å². The van der Waals surface area contributed by atoms with Crippen LogP contribution in [0.25, 0.3) is 0 Å². The second-order valence-corrected chi connectivity index (χ2v) is 7.76. The molecule has 1 aromatic rings. The summed E-state index contributed by atoms with van der Waals surface area (Å²) < 4.78 is 23.9. The molecule has 1 saturated carbocycles. The maximum atomic E-state index is 11.9. The molecule has 0 bridgehead atoms. The quantitative estimate of drug-likeness (QED) is 0.893. The summed E-state index contributed by atoms with van der Waals surface area (Å²) in [5, 5.41) is 2.47. The summed E-state index contributed by atoms with van der Waals surface area (Å²) in [7, 11) is -3.23. The van der Waals surface area contributed by atoms with E-state index in [0.717, 1.165) is 18.4 Å². The summed E-state index contributed by atoms with van der Waals surface area (Å²) in [6.07, 6.45) is 2.44. The van der Waals surface area contributed by atoms with E-state index in [9.17, 15) is 13.2 Å². The minimum absolute atomic E-state index is 0.00182. The van der Waals surface area contributed by atoms with Crippen LogP contribution in [-0.4, -0.2) is 25.6 Å². The largest absolute Gasteiger partial charge is 0.353 e. The SMILES string of the molecule is CC(C)S(=O)(=O)c1ccc(CC(=O)NC2CC2)cc1. The van der Waals surface area contributed by atoms with Crippen molar-refractivity contribution in [3.63, 3.8) is 0 Å². The predicted octanol–water partition coefficient (Wildman–Crippen LogP) is 1.69. The van der Waals surface area contributed by atoms with Crippen LogP contribution in [0, 0.1) is 0 Å². The van der Waals surface area contributed by atoms with Gasteiger partial charge in [0.2, 0.25) is 5.91 Å². The van der Waals surface area contributed by atoms with Crippen molar-refractivity contribution in [2.45, 2.75) is 49.3 Å². The molecule has 0 atom stereocenters. The molecule has 1 aliphatic carbocycles. The van der Waals surface area contributed by atoms with Crippen molar-refractivity contribution in [1.29, 1.82) is 0 Å². The van der Waals surface area contributed by atoms with Crippen LogP contribution in [0.3, 0.4) is 0 Å². The second-order valence-electron chi connectivity index (χ2n) is 5.26. The summed E-state index contributed by atoms with van der Waals surface area (Å²) in [6.45, 7) is 3.32. The fourth-order valence-corrected chi connectivity index (χ4v) is 2.82. The Bertz CT molecular complexity index is 557. The number of hydrogen-bond donors (Lipinski definition) is 1. The van der Waals surface area contributed by atoms with Gasteiger partial charge in [-0.25, -0.2) is 8.42 Å². The van der Waals surface area contributed by atoms with Gasteiger partial charge in [-0.2, -0.15) is 0 Å². The first-order chi connectivity index (χ1) is 8.89. The maximum Gasteiger partial charge on any atom is 0.224 e. The zero-order valence-corrected chi connectivity index (χ0v) is 12.0. The first kappa shape index (κ1) is 14.1. The standard InChI is InChI=1S/C14H19NO3S/c1-10(2)19(17,18)13-7-3-11(4-8-13)9-14(16)15-12-5-6-12/h3-4,7-8,10,12H,5-6,9H2,1-2H3,(H,15,16). The molecular formula is C14H19NO3S. The number of carbonyl (C=O) groups is 1. The molecule has 1 N–H and O–H groups in total. The lowest BCUT2D eigenvalue weighted by molar-refractivity contribution is -0.120. The molecule has 0 saturated heterocycles. The van der Waals surface area contributed by atoms with E-state index in [0.29, 0.717) is 17.4 Å². The van der Waals surface area contributed by atoms with Crippen molar-refractivity contribution in [2.24, 2.45) is 0 Å². The lowest BCUT2D eigenvalue weighted by atomic mass is 10.1. The fourth-order valence-electron chi connectivity index (χ4n) is 1.76. The van der Waals surface area contributed by atoms with Crippen molar-refractivity contribution >= 4 is 15.7 Å². The summed E-state index contributed by atoms with van der Waals surface area (Å²) in [4.78, 5) is 11.9. The fraction of sp³-hybridized carbons (Fsp3) is 0.500. The molecule has 5 heteroatoms. The molecule has 104 valence electrons. The lowest BCUT2D eigenvalue weighted by Crippen LogP contribution is -2.26. The molecule has 1 amide bonds. The van der Waals surface area contributed by atoms with Crippen LogP contribution in [0.2, 0.25) is 0 Å². The molecule has 1 aliphatic rings. The van der Waals surface area contributed by atoms with Crippen LogP contribution >= 0.6 is 0 Å². The monoisotopic (exact) mass is 281 g/mol. The average Bonchev–Trinajstić information content (AvgIpc) is 3.13. The van der Waals surface area contributed by atoms with Gasteiger partial charge in [0, 0.05) is 6.04 Å². The number of nitrogens with one attached hydrogen (secondary N) is 1. The van der Waals surface area contributed by atoms with Gasteiger partial charge in [-0.1, -0.05) is 12.1 Å². The van der Waals surface area contributed by atoms with E-state index in [-0.39, 0.29) is 5.91 Å². The molecule has 0 aromatic heterocycles. The minimum Gasteiger partial charge on any atom is -0.353 e. The Labute approximate surface area is 114 Å². The molecule has 0 spiro atoms. The van der Waals surface area contributed by atoms with Crippen molar-refractivity contribution in [1.82, 2.24) is 5.32 Å². The third-order valence-electron chi connectivity index (χ3n) is 3.18. The Kier molecular flexibility index (Phi) is 3.94. The number of carbonyl (C=O) groups excluding carboxylic acids is 1. The van der Waals surface area contributed by atoms with E-state index in [1.54, 1.807) is 38.1 Å². The summed E-state index contributed by atoms with van der Waals surface area (Å²) in [5.41, 5.74) is 0.834. The first-order valence-corrected chi connectivity index (χ1v) is 8.06. The third kappa shape index (κ3) is 3.56. The van der Waals surface area contributed by atoms with Gasteiger partial charge < -0.3 is 5.32 Å². The van der Waals surface area contributed by atoms with Crippen LogP contribution in [0.15, 0.2) is 29.2 Å². The Morgan fingerprint density at radius 1 is 1.26 bits per heavy atom. The smallest absolute Gasteiger partial charge is 0.224 e. The number of rotatable bonds is 5. The average molecular weight is 281 g/mol. The van der Waals surface area contributed by atoms with Gasteiger partial charge in [-0.15, -0.1) is 0 Å². The van der Waals surface area contributed by atoms with Gasteiger partial charge in [0.15, 0.2) is 9.84 Å². The number of hydrogen-bond acceptors (Lipinski definition) is 3. The zero-order valence-electron chi connectivity index (χ0n) is 11.2. The van der Waals surface area contributed by atoms with Gasteiger partial charge in [-0.05, 0) is 44.4 Å². The molecule has 0 heterocycles. The highest BCUT2D eigenvalue weighted by atomic mass is 32.2. The van der Waals surface area contributed by atoms with Crippen LogP contribution in [0.1, 0.15) is 32.3 Å². The topological polar surface area (TPSA) is 63.2 Å². The first-order valence-electron chi connectivity index (χ1n) is 6.52. The van der Waals surface area contributed by atoms with Crippen LogP contribution in [0.4, 0.5) is 0 Å². The predicted molar refractivity (Wildman–Crippen MR) is 73.6 cm³/mol. The van der Waals surface area contributed by atoms with Crippen molar-refractivity contribution in [3.8, 4) is 0 Å². The zero-order chi connectivity index (χ0) is 14.0. The number of benzene rings is 1. The molecule has 0 aliphatic heterocycles. The van der Waals surface area contributed by atoms with Crippen LogP contribution < -0.4 is 5.32 Å². The van der Waals surface area contributed by atoms with E-state index in [4.69, 9.17) is 0 Å². The lowest BCUT2D eigenvalue weighted by Gasteiger charge is -2.08. The number of sulfone groups is 1. The molecule has 0 radical (unpaired) electrons. The minimum atomic E-state index is -3.23. The van der Waals surface area contributed by atoms with Gasteiger partial charge in [0.1, 0.15) is 0 Å². The van der Waals surface area contributed by atoms with E-state index < -0.39 is 15.1 Å². The molecule has 19 heavy (non-hydrogen) atoms. The second kappa shape index (κ2) is 5.33. The van der Waals surface area contributed by atoms with Crippen LogP contribution in [0.5, 0.6) is 0 Å². The molecular weight excluding hydrogens is 262 g/mol. The normalized spacial score (nSPS) is 15.5. The Balaban J connectivity index is 2.03. The van der Waals surface area contributed by atoms with Gasteiger partial charge in [0.05, 0.1) is 16.6 Å². The van der Waals surface area contributed by atoms with Gasteiger partial charge >= 0.3 is 0 Å². The van der Waals surface area contributed by atoms with Crippen molar-refractivity contribution < 1.29 is 13.2 Å². The Morgan fingerprint density at radius 3 is 2.32 bits per heavy atom. The maximum absolute atomic E-state index is 11.9. The summed E-state index contributed by atoms with van der Waals surface area (Å²) in [6, 6.07) is 6.93.